The van der Waals surface area contributed by atoms with Gasteiger partial charge in [-0.1, -0.05) is 11.6 Å². The second kappa shape index (κ2) is 8.33. The Morgan fingerprint density at radius 1 is 1.08 bits per heavy atom. The lowest BCUT2D eigenvalue weighted by atomic mass is 10.0. The second-order valence-corrected chi connectivity index (χ2v) is 7.46. The minimum atomic E-state index is 0.799. The molecule has 5 nitrogen and oxygen atoms in total. The molecular formula is C21H30N4O. The number of pyridine rings is 1. The highest BCUT2D eigenvalue weighted by atomic mass is 16.5. The summed E-state index contributed by atoms with van der Waals surface area (Å²) >= 11 is 0. The molecule has 0 unspecified atom stereocenters. The van der Waals surface area contributed by atoms with Crippen molar-refractivity contribution in [3.8, 4) is 0 Å². The van der Waals surface area contributed by atoms with Gasteiger partial charge in [-0.3, -0.25) is 0 Å². The molecule has 0 amide bonds. The van der Waals surface area contributed by atoms with Crippen molar-refractivity contribution >= 4 is 16.7 Å². The van der Waals surface area contributed by atoms with Crippen LogP contribution in [0.2, 0.25) is 0 Å². The van der Waals surface area contributed by atoms with E-state index in [9.17, 15) is 0 Å². The topological polar surface area (TPSA) is 40.6 Å². The number of nitrogens with zero attached hydrogens (tertiary/aromatic N) is 3. The van der Waals surface area contributed by atoms with Gasteiger partial charge in [0.25, 0.3) is 0 Å². The molecule has 5 heteroatoms. The van der Waals surface area contributed by atoms with E-state index in [1.54, 1.807) is 0 Å². The Balaban J connectivity index is 1.55. The van der Waals surface area contributed by atoms with Crippen LogP contribution in [-0.2, 0) is 11.2 Å². The lowest BCUT2D eigenvalue weighted by Crippen LogP contribution is -2.43. The van der Waals surface area contributed by atoms with Crippen molar-refractivity contribution in [3.63, 3.8) is 0 Å². The van der Waals surface area contributed by atoms with E-state index in [2.05, 4.69) is 46.3 Å². The number of aryl methyl sites for hydroxylation is 2. The summed E-state index contributed by atoms with van der Waals surface area (Å²) in [4.78, 5) is 10.0. The molecule has 2 aliphatic rings. The lowest BCUT2D eigenvalue weighted by Gasteiger charge is -2.30. The minimum absolute atomic E-state index is 0.799. The molecule has 0 aliphatic carbocycles. The normalized spacial score (nSPS) is 19.2. The van der Waals surface area contributed by atoms with Gasteiger partial charge in [0, 0.05) is 44.7 Å². The van der Waals surface area contributed by atoms with E-state index in [-0.39, 0.29) is 0 Å². The van der Waals surface area contributed by atoms with E-state index in [0.717, 1.165) is 51.3 Å². The van der Waals surface area contributed by atoms with Gasteiger partial charge < -0.3 is 19.9 Å². The standard InChI is InChI=1S/C21H30N4O/c1-17-4-5-20-19(15-17)16-18(3-2-8-24-9-6-22-7-10-24)21(23-20)25-11-13-26-14-12-25/h4-5,15-16,22H,2-3,6-14H2,1H3. The van der Waals surface area contributed by atoms with Gasteiger partial charge in [0.2, 0.25) is 0 Å². The summed E-state index contributed by atoms with van der Waals surface area (Å²) < 4.78 is 5.54. The van der Waals surface area contributed by atoms with E-state index in [1.165, 1.54) is 48.4 Å². The number of piperazine rings is 1. The van der Waals surface area contributed by atoms with Crippen molar-refractivity contribution in [3.05, 3.63) is 35.4 Å². The largest absolute Gasteiger partial charge is 0.378 e. The van der Waals surface area contributed by atoms with Crippen molar-refractivity contribution in [2.45, 2.75) is 19.8 Å². The summed E-state index contributed by atoms with van der Waals surface area (Å²) in [6.45, 7) is 11.4. The van der Waals surface area contributed by atoms with E-state index >= 15 is 0 Å². The van der Waals surface area contributed by atoms with Crippen LogP contribution < -0.4 is 10.2 Å². The van der Waals surface area contributed by atoms with Gasteiger partial charge in [0.05, 0.1) is 18.7 Å². The third kappa shape index (κ3) is 4.17. The Morgan fingerprint density at radius 2 is 1.88 bits per heavy atom. The molecule has 2 aliphatic heterocycles. The predicted molar refractivity (Wildman–Crippen MR) is 107 cm³/mol. The summed E-state index contributed by atoms with van der Waals surface area (Å²) in [7, 11) is 0. The third-order valence-electron chi connectivity index (χ3n) is 5.47. The Labute approximate surface area is 156 Å². The van der Waals surface area contributed by atoms with Gasteiger partial charge >= 0.3 is 0 Å². The van der Waals surface area contributed by atoms with Crippen LogP contribution in [0, 0.1) is 6.92 Å². The van der Waals surface area contributed by atoms with Crippen molar-refractivity contribution in [2.24, 2.45) is 0 Å². The molecule has 2 saturated heterocycles. The van der Waals surface area contributed by atoms with Crippen molar-refractivity contribution in [1.29, 1.82) is 0 Å². The number of benzene rings is 1. The van der Waals surface area contributed by atoms with E-state index in [4.69, 9.17) is 9.72 Å². The first-order valence-corrected chi connectivity index (χ1v) is 9.96. The van der Waals surface area contributed by atoms with Gasteiger partial charge in [-0.25, -0.2) is 4.98 Å². The fourth-order valence-electron chi connectivity index (χ4n) is 3.99. The summed E-state index contributed by atoms with van der Waals surface area (Å²) in [5, 5.41) is 4.69. The van der Waals surface area contributed by atoms with Crippen LogP contribution in [0.15, 0.2) is 24.3 Å². The molecule has 1 aromatic heterocycles. The Morgan fingerprint density at radius 3 is 2.69 bits per heavy atom. The molecule has 1 N–H and O–H groups in total. The summed E-state index contributed by atoms with van der Waals surface area (Å²) in [5.74, 6) is 1.17. The zero-order valence-electron chi connectivity index (χ0n) is 15.8. The minimum Gasteiger partial charge on any atom is -0.378 e. The van der Waals surface area contributed by atoms with Crippen LogP contribution >= 0.6 is 0 Å². The Bertz CT molecular complexity index is 736. The van der Waals surface area contributed by atoms with Crippen LogP contribution in [0.4, 0.5) is 5.82 Å². The number of rotatable bonds is 5. The number of fused-ring (bicyclic) bond motifs is 1. The zero-order valence-corrected chi connectivity index (χ0v) is 15.8. The lowest BCUT2D eigenvalue weighted by molar-refractivity contribution is 0.122. The average molecular weight is 354 g/mol. The highest BCUT2D eigenvalue weighted by Crippen LogP contribution is 2.26. The first-order valence-electron chi connectivity index (χ1n) is 9.96. The van der Waals surface area contributed by atoms with Crippen LogP contribution in [0.1, 0.15) is 17.5 Å². The smallest absolute Gasteiger partial charge is 0.132 e. The molecule has 0 saturated carbocycles. The maximum Gasteiger partial charge on any atom is 0.132 e. The summed E-state index contributed by atoms with van der Waals surface area (Å²) in [6, 6.07) is 8.94. The average Bonchev–Trinajstić information content (AvgIpc) is 2.69. The fraction of sp³-hybridized carbons (Fsp3) is 0.571. The quantitative estimate of drug-likeness (QED) is 0.892. The van der Waals surface area contributed by atoms with E-state index in [1.807, 2.05) is 0 Å². The van der Waals surface area contributed by atoms with Gasteiger partial charge in [-0.2, -0.15) is 0 Å². The number of nitrogens with one attached hydrogen (secondary N) is 1. The highest BCUT2D eigenvalue weighted by Gasteiger charge is 2.18. The van der Waals surface area contributed by atoms with Crippen molar-refractivity contribution < 1.29 is 4.74 Å². The maximum absolute atomic E-state index is 5.54. The number of hydrogen-bond acceptors (Lipinski definition) is 5. The van der Waals surface area contributed by atoms with Crippen LogP contribution in [0.5, 0.6) is 0 Å². The van der Waals surface area contributed by atoms with Crippen LogP contribution in [0.3, 0.4) is 0 Å². The molecule has 2 aromatic rings. The molecule has 1 aromatic carbocycles. The number of aromatic nitrogens is 1. The van der Waals surface area contributed by atoms with Crippen LogP contribution in [0.25, 0.3) is 10.9 Å². The van der Waals surface area contributed by atoms with Crippen molar-refractivity contribution in [1.82, 2.24) is 15.2 Å². The summed E-state index contributed by atoms with van der Waals surface area (Å²) in [5.41, 5.74) is 3.79. The monoisotopic (exact) mass is 354 g/mol. The Hall–Kier alpha value is -1.69. The van der Waals surface area contributed by atoms with Gasteiger partial charge in [0.1, 0.15) is 5.82 Å². The molecule has 0 spiro atoms. The van der Waals surface area contributed by atoms with Crippen molar-refractivity contribution in [2.75, 3.05) is 63.9 Å². The van der Waals surface area contributed by atoms with E-state index < -0.39 is 0 Å². The zero-order chi connectivity index (χ0) is 17.8. The highest BCUT2D eigenvalue weighted by molar-refractivity contribution is 5.82. The number of anilines is 1. The SMILES string of the molecule is Cc1ccc2nc(N3CCOCC3)c(CCCN3CCNCC3)cc2c1. The molecule has 26 heavy (non-hydrogen) atoms. The fourth-order valence-corrected chi connectivity index (χ4v) is 3.99. The molecule has 0 radical (unpaired) electrons. The summed E-state index contributed by atoms with van der Waals surface area (Å²) in [6.07, 6.45) is 2.28. The third-order valence-corrected chi connectivity index (χ3v) is 5.47. The van der Waals surface area contributed by atoms with E-state index in [0.29, 0.717) is 0 Å². The first kappa shape index (κ1) is 17.7. The number of ether oxygens (including phenoxy) is 1. The molecule has 0 bridgehead atoms. The number of morpholine rings is 1. The second-order valence-electron chi connectivity index (χ2n) is 7.46. The molecule has 0 atom stereocenters. The molecule has 140 valence electrons. The molecular weight excluding hydrogens is 324 g/mol. The Kier molecular flexibility index (Phi) is 5.68. The first-order chi connectivity index (χ1) is 12.8. The maximum atomic E-state index is 5.54. The van der Waals surface area contributed by atoms with Gasteiger partial charge in [0.15, 0.2) is 0 Å². The number of hydrogen-bond donors (Lipinski definition) is 1. The molecule has 4 rings (SSSR count). The predicted octanol–water partition coefficient (Wildman–Crippen LogP) is 2.22. The molecule has 2 fully saturated rings. The molecule has 3 heterocycles. The van der Waals surface area contributed by atoms with Gasteiger partial charge in [-0.15, -0.1) is 0 Å². The van der Waals surface area contributed by atoms with Gasteiger partial charge in [-0.05, 0) is 50.1 Å². The van der Waals surface area contributed by atoms with Crippen LogP contribution in [-0.4, -0.2) is 68.9 Å².